The smallest absolute Gasteiger partial charge is 0.478 e. The average Bonchev–Trinajstić information content (AvgIpc) is 3.49. The molecule has 0 unspecified atom stereocenters. The van der Waals surface area contributed by atoms with Crippen molar-refractivity contribution in [2.24, 2.45) is 15.3 Å². The van der Waals surface area contributed by atoms with Gasteiger partial charge in [-0.2, -0.15) is 0 Å². The van der Waals surface area contributed by atoms with Crippen LogP contribution in [-0.2, 0) is 14.5 Å². The quantitative estimate of drug-likeness (QED) is 0.0678. The molecule has 0 bridgehead atoms. The van der Waals surface area contributed by atoms with Gasteiger partial charge in [0.25, 0.3) is 0 Å². The molecule has 1 aromatic heterocycles. The number of aromatic nitrogens is 1. The first-order valence-corrected chi connectivity index (χ1v) is 14.5. The molecule has 8 nitrogen and oxygen atoms in total. The third-order valence-electron chi connectivity index (χ3n) is 6.98. The summed E-state index contributed by atoms with van der Waals surface area (Å²) in [6.45, 7) is 8.18. The molecule has 0 saturated carbocycles. The van der Waals surface area contributed by atoms with Crippen molar-refractivity contribution in [3.63, 3.8) is 0 Å². The van der Waals surface area contributed by atoms with Crippen molar-refractivity contribution < 1.29 is 28.2 Å². The largest absolute Gasteiger partial charge is 0.677 e. The highest BCUT2D eigenvalue weighted by Crippen LogP contribution is 2.37. The second-order valence-corrected chi connectivity index (χ2v) is 10.6. The van der Waals surface area contributed by atoms with Gasteiger partial charge in [-0.05, 0) is 98.2 Å². The molecule has 0 amide bonds. The minimum atomic E-state index is -2.68. The number of oxime groups is 2. The van der Waals surface area contributed by atoms with Crippen LogP contribution in [0.15, 0.2) is 93.3 Å². The Hall–Kier alpha value is -5.06. The third-order valence-corrected chi connectivity index (χ3v) is 6.98. The van der Waals surface area contributed by atoms with Crippen molar-refractivity contribution in [2.45, 2.75) is 40.5 Å². The van der Waals surface area contributed by atoms with E-state index in [1.165, 1.54) is 6.08 Å². The van der Waals surface area contributed by atoms with E-state index in [-0.39, 0.29) is 0 Å². The van der Waals surface area contributed by atoms with E-state index in [1.54, 1.807) is 37.6 Å². The fourth-order valence-electron chi connectivity index (χ4n) is 4.99. The summed E-state index contributed by atoms with van der Waals surface area (Å²) >= 11 is 0. The van der Waals surface area contributed by atoms with Gasteiger partial charge in [-0.15, -0.1) is 0 Å². The van der Waals surface area contributed by atoms with Crippen LogP contribution in [0.25, 0.3) is 11.6 Å². The lowest BCUT2D eigenvalue weighted by molar-refractivity contribution is -0.131. The van der Waals surface area contributed by atoms with Gasteiger partial charge in [0.2, 0.25) is 0 Å². The van der Waals surface area contributed by atoms with Crippen LogP contribution in [0, 0.1) is 13.8 Å². The molecule has 1 aliphatic rings. The zero-order valence-electron chi connectivity index (χ0n) is 25.7. The van der Waals surface area contributed by atoms with E-state index in [4.69, 9.17) is 14.8 Å². The minimum Gasteiger partial charge on any atom is -0.478 e. The van der Waals surface area contributed by atoms with E-state index >= 15 is 0 Å². The molecule has 0 spiro atoms. The lowest BCUT2D eigenvalue weighted by Crippen LogP contribution is -2.18. The van der Waals surface area contributed by atoms with E-state index in [2.05, 4.69) is 15.3 Å². The van der Waals surface area contributed by atoms with Gasteiger partial charge in [0.15, 0.2) is 0 Å². The van der Waals surface area contributed by atoms with Gasteiger partial charge in [0.05, 0.1) is 18.1 Å². The second kappa shape index (κ2) is 15.6. The normalized spacial score (nSPS) is 14.4. The number of carboxylic acids is 1. The van der Waals surface area contributed by atoms with Gasteiger partial charge in [0, 0.05) is 28.7 Å². The van der Waals surface area contributed by atoms with Crippen LogP contribution >= 0.6 is 0 Å². The first-order chi connectivity index (χ1) is 21.6. The number of hydrogen-bond donors (Lipinski definition) is 1. The van der Waals surface area contributed by atoms with Crippen LogP contribution in [0.5, 0.6) is 0 Å². The Morgan fingerprint density at radius 2 is 1.58 bits per heavy atom. The Labute approximate surface area is 262 Å². The van der Waals surface area contributed by atoms with Crippen LogP contribution in [0.2, 0.25) is 0 Å². The predicted octanol–water partition coefficient (Wildman–Crippen LogP) is 7.34. The van der Waals surface area contributed by atoms with E-state index in [9.17, 15) is 13.4 Å². The van der Waals surface area contributed by atoms with Gasteiger partial charge in [-0.1, -0.05) is 52.8 Å². The Balaban J connectivity index is 1.29. The number of carbonyl (C=O) groups is 1. The number of hydrogen-bond acceptors (Lipinski definition) is 6. The molecule has 0 fully saturated rings. The summed E-state index contributed by atoms with van der Waals surface area (Å²) in [5.41, 5.74) is 7.96. The fourth-order valence-corrected chi connectivity index (χ4v) is 4.99. The predicted molar refractivity (Wildman–Crippen MR) is 176 cm³/mol. The van der Waals surface area contributed by atoms with E-state index < -0.39 is 13.4 Å². The van der Waals surface area contributed by atoms with E-state index in [0.717, 1.165) is 56.1 Å². The Bertz CT molecular complexity index is 1700. The molecule has 11 heteroatoms. The number of rotatable bonds is 14. The number of aliphatic carboxylic acids is 1. The molecule has 3 aromatic rings. The number of halogens is 2. The van der Waals surface area contributed by atoms with Gasteiger partial charge >= 0.3 is 13.4 Å². The molecule has 0 atom stereocenters. The maximum absolute atomic E-state index is 14.2. The zero-order chi connectivity index (χ0) is 32.3. The highest BCUT2D eigenvalue weighted by Gasteiger charge is 2.29. The van der Waals surface area contributed by atoms with Crippen LogP contribution < -0.4 is 0 Å². The number of benzene rings is 2. The first kappa shape index (κ1) is 32.9. The van der Waals surface area contributed by atoms with Crippen molar-refractivity contribution in [3.8, 4) is 0 Å². The summed E-state index contributed by atoms with van der Waals surface area (Å²) in [7, 11) is -2.68. The van der Waals surface area contributed by atoms with E-state index in [0.29, 0.717) is 42.3 Å². The summed E-state index contributed by atoms with van der Waals surface area (Å²) in [5, 5.41) is 16.8. The number of allylic oxidation sites excluding steroid dienone is 2. The molecule has 0 radical (unpaired) electrons. The third kappa shape index (κ3) is 8.98. The van der Waals surface area contributed by atoms with Crippen molar-refractivity contribution in [2.75, 3.05) is 13.2 Å². The zero-order valence-corrected chi connectivity index (χ0v) is 25.7. The Kier molecular flexibility index (Phi) is 11.4. The van der Waals surface area contributed by atoms with Gasteiger partial charge in [-0.25, -0.2) is 4.79 Å². The molecule has 0 saturated heterocycles. The van der Waals surface area contributed by atoms with E-state index in [1.807, 2.05) is 63.2 Å². The molecule has 1 aliphatic heterocycles. The van der Waals surface area contributed by atoms with Crippen LogP contribution in [0.4, 0.5) is 8.63 Å². The molecule has 4 rings (SSSR count). The Morgan fingerprint density at radius 1 is 0.933 bits per heavy atom. The van der Waals surface area contributed by atoms with Crippen molar-refractivity contribution >= 4 is 43.2 Å². The molecule has 0 aliphatic carbocycles. The summed E-state index contributed by atoms with van der Waals surface area (Å²) in [6, 6.07) is 16.5. The van der Waals surface area contributed by atoms with Crippen molar-refractivity contribution in [1.82, 2.24) is 4.48 Å². The minimum absolute atomic E-state index is 0.405. The summed E-state index contributed by atoms with van der Waals surface area (Å²) in [5.74, 6) is -1.00. The summed E-state index contributed by atoms with van der Waals surface area (Å²) in [6.07, 6.45) is 9.16. The molecule has 2 heterocycles. The number of nitrogens with zero attached hydrogens (tertiary/aromatic N) is 4. The first-order valence-electron chi connectivity index (χ1n) is 14.5. The average molecular weight is 612 g/mol. The van der Waals surface area contributed by atoms with Crippen molar-refractivity contribution in [1.29, 1.82) is 0 Å². The standard InChI is InChI=1S/C34H35BF2N4O4/c1-23-18-25(3)40-33(23)32(34-24(2)19-26(4)41(34)35(36)37)30-13-10-28(11-14-30)21-38-44-16-5-6-17-45-39-22-29-9-7-8-27(20-29)12-15-31(42)43/h7-15,18-22H,5-6,16-17H2,1-4H3,(H,42,43)/b15-12-,33-32-,38-21+,39-22+. The van der Waals surface area contributed by atoms with Gasteiger partial charge in [-0.3, -0.25) is 13.6 Å². The summed E-state index contributed by atoms with van der Waals surface area (Å²) in [4.78, 5) is 26.0. The molecule has 232 valence electrons. The second-order valence-electron chi connectivity index (χ2n) is 10.6. The lowest BCUT2D eigenvalue weighted by atomic mass is 9.94. The number of aliphatic imine (C=N–C) groups is 1. The van der Waals surface area contributed by atoms with Gasteiger partial charge in [0.1, 0.15) is 13.2 Å². The summed E-state index contributed by atoms with van der Waals surface area (Å²) < 4.78 is 29.4. The fraction of sp³-hybridized carbons (Fsp3) is 0.235. The number of aryl methyl sites for hydroxylation is 2. The molecular formula is C34H35BF2N4O4. The number of carboxylic acid groups (broad SMARTS) is 1. The molecule has 45 heavy (non-hydrogen) atoms. The van der Waals surface area contributed by atoms with Crippen LogP contribution in [0.3, 0.4) is 0 Å². The highest BCUT2D eigenvalue weighted by molar-refractivity contribution is 6.41. The SMILES string of the molecule is CC1=CC(C)=N/C1=C(/c1ccc(/C=N/OCCCCO/N=C/c2cccc(/C=C\C(=O)O)c2)cc1)c1c(C)cc(C)n1B(F)F. The molecular weight excluding hydrogens is 577 g/mol. The lowest BCUT2D eigenvalue weighted by Gasteiger charge is -2.17. The van der Waals surface area contributed by atoms with Crippen molar-refractivity contribution in [3.05, 3.63) is 117 Å². The monoisotopic (exact) mass is 612 g/mol. The highest BCUT2D eigenvalue weighted by atomic mass is 19.2. The Morgan fingerprint density at radius 3 is 2.18 bits per heavy atom. The maximum atomic E-state index is 14.2. The maximum Gasteiger partial charge on any atom is 0.677 e. The number of unbranched alkanes of at least 4 members (excludes halogenated alkanes) is 1. The van der Waals surface area contributed by atoms with Crippen LogP contribution in [0.1, 0.15) is 65.9 Å². The topological polar surface area (TPSA) is 97.8 Å². The molecule has 2 aromatic carbocycles. The van der Waals surface area contributed by atoms with Gasteiger partial charge < -0.3 is 19.3 Å². The molecule has 1 N–H and O–H groups in total. The van der Waals surface area contributed by atoms with Crippen LogP contribution in [-0.4, -0.2) is 54.3 Å².